The molecule has 0 radical (unpaired) electrons. The lowest BCUT2D eigenvalue weighted by molar-refractivity contribution is 0.215. The van der Waals surface area contributed by atoms with Gasteiger partial charge in [0.05, 0.1) is 0 Å². The zero-order valence-electron chi connectivity index (χ0n) is 10.2. The molecule has 0 amide bonds. The minimum Gasteiger partial charge on any atom is -0.490 e. The molecule has 0 spiro atoms. The van der Waals surface area contributed by atoms with Gasteiger partial charge in [-0.3, -0.25) is 0 Å². The number of ether oxygens (including phenoxy) is 1. The second-order valence-corrected chi connectivity index (χ2v) is 5.59. The average Bonchev–Trinajstić information content (AvgIpc) is 2.67. The van der Waals surface area contributed by atoms with Gasteiger partial charge in [-0.2, -0.15) is 0 Å². The second-order valence-electron chi connectivity index (χ2n) is 5.03. The van der Waals surface area contributed by atoms with Gasteiger partial charge in [-0.05, 0) is 37.0 Å². The summed E-state index contributed by atoms with van der Waals surface area (Å²) >= 11 is 6.22. The van der Waals surface area contributed by atoms with Crippen molar-refractivity contribution in [3.63, 3.8) is 0 Å². The van der Waals surface area contributed by atoms with Crippen molar-refractivity contribution in [1.82, 2.24) is 0 Å². The molecule has 1 aromatic carbocycles. The summed E-state index contributed by atoms with van der Waals surface area (Å²) in [6.07, 6.45) is 2.84. The Kier molecular flexibility index (Phi) is 3.93. The number of hydrogen-bond donors (Lipinski definition) is 0. The number of benzene rings is 1. The van der Waals surface area contributed by atoms with Gasteiger partial charge in [-0.25, -0.2) is 4.39 Å². The molecule has 0 N–H and O–H groups in total. The number of halogens is 2. The van der Waals surface area contributed by atoms with Crippen LogP contribution in [-0.2, 0) is 6.42 Å². The van der Waals surface area contributed by atoms with Crippen LogP contribution in [0.5, 0.6) is 5.75 Å². The predicted molar refractivity (Wildman–Crippen MR) is 68.2 cm³/mol. The van der Waals surface area contributed by atoms with Crippen LogP contribution in [0.4, 0.5) is 4.39 Å². The zero-order chi connectivity index (χ0) is 12.4. The first-order valence-electron chi connectivity index (χ1n) is 6.15. The predicted octanol–water partition coefficient (Wildman–Crippen LogP) is 4.17. The third-order valence-electron chi connectivity index (χ3n) is 3.25. The third-order valence-corrected chi connectivity index (χ3v) is 3.97. The Morgan fingerprint density at radius 2 is 2.24 bits per heavy atom. The molecule has 0 saturated heterocycles. The van der Waals surface area contributed by atoms with Crippen molar-refractivity contribution in [2.45, 2.75) is 44.6 Å². The maximum Gasteiger partial charge on any atom is 0.123 e. The van der Waals surface area contributed by atoms with E-state index in [1.807, 2.05) is 0 Å². The molecule has 2 unspecified atom stereocenters. The largest absolute Gasteiger partial charge is 0.490 e. The van der Waals surface area contributed by atoms with E-state index < -0.39 is 0 Å². The van der Waals surface area contributed by atoms with Crippen LogP contribution < -0.4 is 4.74 Å². The Hall–Kier alpha value is -0.760. The zero-order valence-corrected chi connectivity index (χ0v) is 11.0. The summed E-state index contributed by atoms with van der Waals surface area (Å²) in [5.74, 6) is 1.12. The van der Waals surface area contributed by atoms with E-state index in [2.05, 4.69) is 13.8 Å². The Morgan fingerprint density at radius 1 is 1.47 bits per heavy atom. The molecular weight excluding hydrogens is 239 g/mol. The molecule has 0 aromatic heterocycles. The monoisotopic (exact) mass is 256 g/mol. The van der Waals surface area contributed by atoms with Gasteiger partial charge in [0.1, 0.15) is 17.7 Å². The molecule has 1 nitrogen and oxygen atoms in total. The highest BCUT2D eigenvalue weighted by molar-refractivity contribution is 6.20. The van der Waals surface area contributed by atoms with Gasteiger partial charge in [-0.15, -0.1) is 11.6 Å². The first-order chi connectivity index (χ1) is 8.06. The molecular formula is C14H18ClFO. The molecule has 0 bridgehead atoms. The summed E-state index contributed by atoms with van der Waals surface area (Å²) < 4.78 is 18.8. The standard InChI is InChI=1S/C14H18ClFO/c1-9(2)13(15)5-4-12-8-10-7-11(16)3-6-14(10)17-12/h3,6-7,9,12-13H,4-5,8H2,1-2H3. The van der Waals surface area contributed by atoms with E-state index in [9.17, 15) is 4.39 Å². The van der Waals surface area contributed by atoms with E-state index in [4.69, 9.17) is 16.3 Å². The SMILES string of the molecule is CC(C)C(Cl)CCC1Cc2cc(F)ccc2O1. The molecule has 3 heteroatoms. The lowest BCUT2D eigenvalue weighted by Gasteiger charge is -2.16. The minimum atomic E-state index is -0.189. The van der Waals surface area contributed by atoms with Crippen molar-refractivity contribution in [3.8, 4) is 5.75 Å². The van der Waals surface area contributed by atoms with Crippen LogP contribution in [0, 0.1) is 11.7 Å². The van der Waals surface area contributed by atoms with Gasteiger partial charge in [0, 0.05) is 17.4 Å². The number of hydrogen-bond acceptors (Lipinski definition) is 1. The molecule has 2 atom stereocenters. The van der Waals surface area contributed by atoms with E-state index in [0.29, 0.717) is 5.92 Å². The summed E-state index contributed by atoms with van der Waals surface area (Å²) in [6.45, 7) is 4.24. The Balaban J connectivity index is 1.88. The first-order valence-corrected chi connectivity index (χ1v) is 6.59. The highest BCUT2D eigenvalue weighted by Gasteiger charge is 2.24. The molecule has 0 fully saturated rings. The van der Waals surface area contributed by atoms with Gasteiger partial charge >= 0.3 is 0 Å². The molecule has 94 valence electrons. The summed E-state index contributed by atoms with van der Waals surface area (Å²) in [6, 6.07) is 4.72. The van der Waals surface area contributed by atoms with Crippen LogP contribution in [0.1, 0.15) is 32.3 Å². The van der Waals surface area contributed by atoms with E-state index in [-0.39, 0.29) is 17.3 Å². The molecule has 1 aliphatic rings. The fraction of sp³-hybridized carbons (Fsp3) is 0.571. The minimum absolute atomic E-state index is 0.159. The Morgan fingerprint density at radius 3 is 2.94 bits per heavy atom. The van der Waals surface area contributed by atoms with Gasteiger partial charge in [0.25, 0.3) is 0 Å². The van der Waals surface area contributed by atoms with Crippen LogP contribution in [0.3, 0.4) is 0 Å². The Bertz CT molecular complexity index is 392. The molecule has 2 rings (SSSR count). The molecule has 0 aliphatic carbocycles. The van der Waals surface area contributed by atoms with Crippen LogP contribution in [0.25, 0.3) is 0 Å². The van der Waals surface area contributed by atoms with Crippen LogP contribution >= 0.6 is 11.6 Å². The molecule has 1 heterocycles. The molecule has 1 aliphatic heterocycles. The molecule has 0 saturated carbocycles. The van der Waals surface area contributed by atoms with Crippen molar-refractivity contribution < 1.29 is 9.13 Å². The quantitative estimate of drug-likeness (QED) is 0.735. The summed E-state index contributed by atoms with van der Waals surface area (Å²) in [7, 11) is 0. The number of rotatable bonds is 4. The maximum absolute atomic E-state index is 13.0. The summed E-state index contributed by atoms with van der Waals surface area (Å²) in [5, 5.41) is 0.194. The normalized spacial score (nSPS) is 20.2. The van der Waals surface area contributed by atoms with Gasteiger partial charge in [-0.1, -0.05) is 13.8 Å². The highest BCUT2D eigenvalue weighted by Crippen LogP contribution is 2.31. The van der Waals surface area contributed by atoms with Gasteiger partial charge in [0.2, 0.25) is 0 Å². The highest BCUT2D eigenvalue weighted by atomic mass is 35.5. The van der Waals surface area contributed by atoms with Crippen LogP contribution in [0.15, 0.2) is 18.2 Å². The van der Waals surface area contributed by atoms with E-state index in [1.165, 1.54) is 6.07 Å². The van der Waals surface area contributed by atoms with Crippen molar-refractivity contribution in [2.24, 2.45) is 5.92 Å². The lowest BCUT2D eigenvalue weighted by Crippen LogP contribution is -2.17. The summed E-state index contributed by atoms with van der Waals surface area (Å²) in [5.41, 5.74) is 0.977. The van der Waals surface area contributed by atoms with Crippen molar-refractivity contribution in [2.75, 3.05) is 0 Å². The van der Waals surface area contributed by atoms with E-state index in [1.54, 1.807) is 12.1 Å². The van der Waals surface area contributed by atoms with E-state index >= 15 is 0 Å². The molecule has 1 aromatic rings. The van der Waals surface area contributed by atoms with Crippen molar-refractivity contribution in [1.29, 1.82) is 0 Å². The fourth-order valence-electron chi connectivity index (χ4n) is 2.13. The number of alkyl halides is 1. The van der Waals surface area contributed by atoms with Crippen LogP contribution in [-0.4, -0.2) is 11.5 Å². The maximum atomic E-state index is 13.0. The third kappa shape index (κ3) is 3.12. The Labute approximate surface area is 107 Å². The van der Waals surface area contributed by atoms with E-state index in [0.717, 1.165) is 30.6 Å². The van der Waals surface area contributed by atoms with Gasteiger partial charge < -0.3 is 4.74 Å². The first kappa shape index (κ1) is 12.7. The van der Waals surface area contributed by atoms with Crippen molar-refractivity contribution in [3.05, 3.63) is 29.6 Å². The van der Waals surface area contributed by atoms with Crippen molar-refractivity contribution >= 4 is 11.6 Å². The fourth-order valence-corrected chi connectivity index (χ4v) is 2.25. The lowest BCUT2D eigenvalue weighted by atomic mass is 10.0. The van der Waals surface area contributed by atoms with Crippen LogP contribution in [0.2, 0.25) is 0 Å². The topological polar surface area (TPSA) is 9.23 Å². The average molecular weight is 257 g/mol. The molecule has 17 heavy (non-hydrogen) atoms. The number of fused-ring (bicyclic) bond motifs is 1. The smallest absolute Gasteiger partial charge is 0.123 e. The summed E-state index contributed by atoms with van der Waals surface area (Å²) in [4.78, 5) is 0. The second kappa shape index (κ2) is 5.26. The van der Waals surface area contributed by atoms with Gasteiger partial charge in [0.15, 0.2) is 0 Å².